The number of amides is 2. The van der Waals surface area contributed by atoms with Crippen molar-refractivity contribution in [1.29, 1.82) is 0 Å². The number of nitrogens with one attached hydrogen (secondary N) is 1. The van der Waals surface area contributed by atoms with Crippen LogP contribution < -0.4 is 24.4 Å². The first-order chi connectivity index (χ1) is 16.1. The Morgan fingerprint density at radius 3 is 2.21 bits per heavy atom. The highest BCUT2D eigenvalue weighted by Crippen LogP contribution is 2.29. The molecule has 1 N–H and O–H groups in total. The van der Waals surface area contributed by atoms with Crippen LogP contribution in [0.4, 0.5) is 16.3 Å². The molecule has 0 spiro atoms. The maximum atomic E-state index is 12.8. The monoisotopic (exact) mass is 449 g/mol. The number of anilines is 2. The Hall–Kier alpha value is -4.01. The molecule has 0 bridgehead atoms. The molecule has 172 valence electrons. The number of hydrogen-bond donors (Lipinski definition) is 1. The van der Waals surface area contributed by atoms with Crippen LogP contribution in [-0.4, -0.2) is 68.4 Å². The summed E-state index contributed by atoms with van der Waals surface area (Å²) in [5, 5.41) is 2.93. The quantitative estimate of drug-likeness (QED) is 0.616. The van der Waals surface area contributed by atoms with Gasteiger partial charge in [0.25, 0.3) is 0 Å². The van der Waals surface area contributed by atoms with Crippen LogP contribution in [-0.2, 0) is 0 Å². The van der Waals surface area contributed by atoms with E-state index in [2.05, 4.69) is 20.2 Å². The van der Waals surface area contributed by atoms with Crippen molar-refractivity contribution in [1.82, 2.24) is 14.9 Å². The number of rotatable bonds is 6. The van der Waals surface area contributed by atoms with Gasteiger partial charge in [-0.1, -0.05) is 0 Å². The zero-order chi connectivity index (χ0) is 23.2. The van der Waals surface area contributed by atoms with Gasteiger partial charge in [0.2, 0.25) is 0 Å². The van der Waals surface area contributed by atoms with Gasteiger partial charge in [-0.05, 0) is 36.4 Å². The predicted molar refractivity (Wildman–Crippen MR) is 126 cm³/mol. The van der Waals surface area contributed by atoms with Crippen LogP contribution in [0.2, 0.25) is 0 Å². The first-order valence-corrected chi connectivity index (χ1v) is 10.6. The fourth-order valence-corrected chi connectivity index (χ4v) is 3.68. The predicted octanol–water partition coefficient (Wildman–Crippen LogP) is 3.52. The van der Waals surface area contributed by atoms with Crippen molar-refractivity contribution in [3.8, 4) is 28.5 Å². The Morgan fingerprint density at radius 2 is 1.55 bits per heavy atom. The number of aromatic nitrogens is 2. The number of carbonyl (C=O) groups excluding carboxylic acids is 1. The van der Waals surface area contributed by atoms with Crippen LogP contribution in [0, 0.1) is 0 Å². The Bertz CT molecular complexity index is 1100. The topological polar surface area (TPSA) is 89.1 Å². The summed E-state index contributed by atoms with van der Waals surface area (Å²) in [5.74, 6) is 2.86. The van der Waals surface area contributed by atoms with Crippen LogP contribution in [0.3, 0.4) is 0 Å². The van der Waals surface area contributed by atoms with E-state index >= 15 is 0 Å². The summed E-state index contributed by atoms with van der Waals surface area (Å²) < 4.78 is 15.8. The average molecular weight is 450 g/mol. The van der Waals surface area contributed by atoms with Gasteiger partial charge in [0, 0.05) is 43.9 Å². The third-order valence-electron chi connectivity index (χ3n) is 5.58. The number of nitrogens with zero attached hydrogens (tertiary/aromatic N) is 4. The van der Waals surface area contributed by atoms with Gasteiger partial charge >= 0.3 is 6.03 Å². The lowest BCUT2D eigenvalue weighted by Crippen LogP contribution is -2.50. The number of piperazine rings is 1. The third-order valence-corrected chi connectivity index (χ3v) is 5.58. The van der Waals surface area contributed by atoms with Crippen molar-refractivity contribution in [3.05, 3.63) is 54.9 Å². The van der Waals surface area contributed by atoms with E-state index < -0.39 is 0 Å². The molecule has 33 heavy (non-hydrogen) atoms. The fraction of sp³-hybridized carbons (Fsp3) is 0.292. The van der Waals surface area contributed by atoms with Crippen molar-refractivity contribution in [2.24, 2.45) is 0 Å². The van der Waals surface area contributed by atoms with Crippen molar-refractivity contribution < 1.29 is 19.0 Å². The standard InChI is InChI=1S/C24H27N5O4/c1-31-18-6-4-17(5-7-18)20-15-23(26-16-25-20)28-10-12-29(13-11-28)24(30)27-21-14-19(32-2)8-9-22(21)33-3/h4-9,14-16H,10-13H2,1-3H3,(H,27,30). The molecular formula is C24H27N5O4. The molecule has 3 aromatic rings. The second-order valence-electron chi connectivity index (χ2n) is 7.46. The largest absolute Gasteiger partial charge is 0.497 e. The number of benzene rings is 2. The molecule has 1 aromatic heterocycles. The minimum Gasteiger partial charge on any atom is -0.497 e. The lowest BCUT2D eigenvalue weighted by atomic mass is 10.1. The van der Waals surface area contributed by atoms with Gasteiger partial charge in [0.1, 0.15) is 29.4 Å². The molecule has 0 saturated carbocycles. The minimum absolute atomic E-state index is 0.178. The summed E-state index contributed by atoms with van der Waals surface area (Å²) in [6.07, 6.45) is 1.57. The highest BCUT2D eigenvalue weighted by molar-refractivity contribution is 5.91. The van der Waals surface area contributed by atoms with Crippen molar-refractivity contribution in [2.75, 3.05) is 57.7 Å². The molecule has 0 unspecified atom stereocenters. The summed E-state index contributed by atoms with van der Waals surface area (Å²) in [7, 11) is 4.79. The maximum absolute atomic E-state index is 12.8. The number of carbonyl (C=O) groups is 1. The molecule has 4 rings (SSSR count). The zero-order valence-corrected chi connectivity index (χ0v) is 18.9. The smallest absolute Gasteiger partial charge is 0.322 e. The highest BCUT2D eigenvalue weighted by atomic mass is 16.5. The van der Waals surface area contributed by atoms with E-state index in [0.717, 1.165) is 22.8 Å². The normalized spacial score (nSPS) is 13.4. The second-order valence-corrected chi connectivity index (χ2v) is 7.46. The van der Waals surface area contributed by atoms with Crippen LogP contribution >= 0.6 is 0 Å². The summed E-state index contributed by atoms with van der Waals surface area (Å²) in [4.78, 5) is 25.6. The Labute approximate surface area is 192 Å². The molecule has 0 atom stereocenters. The Morgan fingerprint density at radius 1 is 0.848 bits per heavy atom. The lowest BCUT2D eigenvalue weighted by molar-refractivity contribution is 0.208. The third kappa shape index (κ3) is 5.08. The van der Waals surface area contributed by atoms with Gasteiger partial charge in [0.15, 0.2) is 0 Å². The first-order valence-electron chi connectivity index (χ1n) is 10.6. The van der Waals surface area contributed by atoms with Gasteiger partial charge < -0.3 is 29.3 Å². The van der Waals surface area contributed by atoms with E-state index in [1.54, 1.807) is 50.8 Å². The van der Waals surface area contributed by atoms with E-state index in [-0.39, 0.29) is 6.03 Å². The van der Waals surface area contributed by atoms with Crippen LogP contribution in [0.15, 0.2) is 54.9 Å². The van der Waals surface area contributed by atoms with E-state index in [1.165, 1.54) is 0 Å². The van der Waals surface area contributed by atoms with Gasteiger partial charge in [-0.3, -0.25) is 0 Å². The number of hydrogen-bond acceptors (Lipinski definition) is 7. The molecule has 1 aliphatic rings. The minimum atomic E-state index is -0.178. The molecule has 2 amide bonds. The SMILES string of the molecule is COc1ccc(-c2cc(N3CCN(C(=O)Nc4cc(OC)ccc4OC)CC3)ncn2)cc1. The van der Waals surface area contributed by atoms with Gasteiger partial charge in [0.05, 0.1) is 32.7 Å². The average Bonchev–Trinajstić information content (AvgIpc) is 2.88. The lowest BCUT2D eigenvalue weighted by Gasteiger charge is -2.35. The fourth-order valence-electron chi connectivity index (χ4n) is 3.68. The molecule has 9 nitrogen and oxygen atoms in total. The molecule has 1 saturated heterocycles. The summed E-state index contributed by atoms with van der Waals surface area (Å²) >= 11 is 0. The number of urea groups is 1. The number of methoxy groups -OCH3 is 3. The van der Waals surface area contributed by atoms with Crippen LogP contribution in [0.5, 0.6) is 17.2 Å². The van der Waals surface area contributed by atoms with E-state index in [4.69, 9.17) is 14.2 Å². The summed E-state index contributed by atoms with van der Waals surface area (Å²) in [5.41, 5.74) is 2.40. The zero-order valence-electron chi connectivity index (χ0n) is 18.9. The van der Waals surface area contributed by atoms with Crippen LogP contribution in [0.1, 0.15) is 0 Å². The van der Waals surface area contributed by atoms with Gasteiger partial charge in [-0.25, -0.2) is 14.8 Å². The highest BCUT2D eigenvalue weighted by Gasteiger charge is 2.23. The van der Waals surface area contributed by atoms with E-state index in [0.29, 0.717) is 43.4 Å². The Kier molecular flexibility index (Phi) is 6.77. The van der Waals surface area contributed by atoms with E-state index in [9.17, 15) is 4.79 Å². The Balaban J connectivity index is 1.39. The van der Waals surface area contributed by atoms with E-state index in [1.807, 2.05) is 30.3 Å². The summed E-state index contributed by atoms with van der Waals surface area (Å²) in [6.45, 7) is 2.48. The molecule has 1 fully saturated rings. The van der Waals surface area contributed by atoms with Crippen molar-refractivity contribution in [3.63, 3.8) is 0 Å². The van der Waals surface area contributed by atoms with Crippen molar-refractivity contribution >= 4 is 17.5 Å². The molecule has 2 heterocycles. The van der Waals surface area contributed by atoms with Crippen LogP contribution in [0.25, 0.3) is 11.3 Å². The van der Waals surface area contributed by atoms with Gasteiger partial charge in [-0.2, -0.15) is 0 Å². The maximum Gasteiger partial charge on any atom is 0.322 e. The van der Waals surface area contributed by atoms with Crippen molar-refractivity contribution in [2.45, 2.75) is 0 Å². The molecule has 1 aliphatic heterocycles. The first kappa shape index (κ1) is 22.2. The molecule has 9 heteroatoms. The number of ether oxygens (including phenoxy) is 3. The molecule has 0 aliphatic carbocycles. The van der Waals surface area contributed by atoms with Gasteiger partial charge in [-0.15, -0.1) is 0 Å². The molecule has 2 aromatic carbocycles. The second kappa shape index (κ2) is 10.1. The molecule has 0 radical (unpaired) electrons. The molecular weight excluding hydrogens is 422 g/mol. The summed E-state index contributed by atoms with van der Waals surface area (Å²) in [6, 6.07) is 14.9.